The second-order valence-corrected chi connectivity index (χ2v) is 5.31. The summed E-state index contributed by atoms with van der Waals surface area (Å²) in [7, 11) is 0. The van der Waals surface area contributed by atoms with Crippen molar-refractivity contribution in [1.29, 1.82) is 0 Å². The van der Waals surface area contributed by atoms with Gasteiger partial charge in [0.05, 0.1) is 0 Å². The molecule has 1 aliphatic heterocycles. The predicted molar refractivity (Wildman–Crippen MR) is 75.2 cm³/mol. The lowest BCUT2D eigenvalue weighted by atomic mass is 10.1. The molecule has 1 aliphatic rings. The molecule has 1 fully saturated rings. The maximum Gasteiger partial charge on any atom is 0.244 e. The third kappa shape index (κ3) is 3.18. The molecule has 1 aromatic carbocycles. The normalized spacial score (nSPS) is 19.0. The number of H-pyrrole nitrogens is 1. The summed E-state index contributed by atoms with van der Waals surface area (Å²) in [6.45, 7) is 4.71. The molecule has 5 nitrogen and oxygen atoms in total. The molecule has 2 aromatic rings. The molecule has 1 aromatic heterocycles. The van der Waals surface area contributed by atoms with Crippen LogP contribution in [-0.4, -0.2) is 40.9 Å². The first-order chi connectivity index (χ1) is 10.1. The molecule has 21 heavy (non-hydrogen) atoms. The molecule has 2 heterocycles. The first-order valence-electron chi connectivity index (χ1n) is 6.95. The van der Waals surface area contributed by atoms with Crippen molar-refractivity contribution in [2.75, 3.05) is 24.5 Å². The molecule has 112 valence electrons. The van der Waals surface area contributed by atoms with Gasteiger partial charge in [-0.05, 0) is 24.6 Å². The highest BCUT2D eigenvalue weighted by Gasteiger charge is 2.19. The fourth-order valence-electron chi connectivity index (χ4n) is 2.46. The van der Waals surface area contributed by atoms with Gasteiger partial charge in [-0.15, -0.1) is 5.10 Å². The van der Waals surface area contributed by atoms with Gasteiger partial charge in [0.1, 0.15) is 5.82 Å². The summed E-state index contributed by atoms with van der Waals surface area (Å²) in [5, 5.41) is 10.4. The van der Waals surface area contributed by atoms with E-state index in [-0.39, 0.29) is 0 Å². The first kappa shape index (κ1) is 13.9. The Morgan fingerprint density at radius 3 is 2.95 bits per heavy atom. The smallest absolute Gasteiger partial charge is 0.244 e. The molecule has 1 atom stereocenters. The number of halogens is 2. The number of nitrogens with one attached hydrogen (secondary N) is 2. The van der Waals surface area contributed by atoms with Crippen LogP contribution in [0.5, 0.6) is 0 Å². The SMILES string of the molecule is C[C@@H]1CN(c2n[nH]c(Cc3ccc(F)c(F)c3)n2)CCN1. The number of aromatic nitrogens is 3. The van der Waals surface area contributed by atoms with E-state index in [9.17, 15) is 8.78 Å². The van der Waals surface area contributed by atoms with E-state index in [1.165, 1.54) is 6.07 Å². The lowest BCUT2D eigenvalue weighted by molar-refractivity contribution is 0.480. The molecule has 2 N–H and O–H groups in total. The van der Waals surface area contributed by atoms with Crippen LogP contribution in [-0.2, 0) is 6.42 Å². The van der Waals surface area contributed by atoms with Crippen LogP contribution in [0.3, 0.4) is 0 Å². The number of rotatable bonds is 3. The molecule has 0 amide bonds. The number of hydrogen-bond acceptors (Lipinski definition) is 4. The molecular formula is C14H17F2N5. The molecule has 0 aliphatic carbocycles. The Morgan fingerprint density at radius 2 is 2.19 bits per heavy atom. The lowest BCUT2D eigenvalue weighted by Crippen LogP contribution is -2.49. The average molecular weight is 293 g/mol. The van der Waals surface area contributed by atoms with Crippen molar-refractivity contribution in [2.24, 2.45) is 0 Å². The van der Waals surface area contributed by atoms with Crippen LogP contribution in [0, 0.1) is 11.6 Å². The molecule has 0 bridgehead atoms. The zero-order valence-electron chi connectivity index (χ0n) is 11.7. The van der Waals surface area contributed by atoms with Gasteiger partial charge in [0.25, 0.3) is 0 Å². The van der Waals surface area contributed by atoms with Gasteiger partial charge in [-0.3, -0.25) is 5.10 Å². The van der Waals surface area contributed by atoms with Crippen LogP contribution < -0.4 is 10.2 Å². The van der Waals surface area contributed by atoms with Crippen LogP contribution in [0.2, 0.25) is 0 Å². The molecule has 0 saturated carbocycles. The zero-order valence-corrected chi connectivity index (χ0v) is 11.7. The van der Waals surface area contributed by atoms with Crippen LogP contribution in [0.15, 0.2) is 18.2 Å². The number of benzene rings is 1. The number of nitrogens with zero attached hydrogens (tertiary/aromatic N) is 3. The largest absolute Gasteiger partial charge is 0.337 e. The lowest BCUT2D eigenvalue weighted by Gasteiger charge is -2.30. The molecule has 7 heteroatoms. The van der Waals surface area contributed by atoms with E-state index in [0.29, 0.717) is 29.8 Å². The minimum atomic E-state index is -0.844. The Morgan fingerprint density at radius 1 is 1.33 bits per heavy atom. The molecule has 0 unspecified atom stereocenters. The molecule has 3 rings (SSSR count). The Labute approximate surface area is 121 Å². The van der Waals surface area contributed by atoms with Crippen molar-refractivity contribution >= 4 is 5.95 Å². The van der Waals surface area contributed by atoms with E-state index in [1.807, 2.05) is 0 Å². The minimum Gasteiger partial charge on any atom is -0.337 e. The highest BCUT2D eigenvalue weighted by molar-refractivity contribution is 5.31. The summed E-state index contributed by atoms with van der Waals surface area (Å²) in [5.74, 6) is -0.391. The quantitative estimate of drug-likeness (QED) is 0.900. The Bertz CT molecular complexity index is 628. The third-order valence-electron chi connectivity index (χ3n) is 3.53. The number of aromatic amines is 1. The minimum absolute atomic E-state index is 0.395. The van der Waals surface area contributed by atoms with Crippen molar-refractivity contribution < 1.29 is 8.78 Å². The first-order valence-corrected chi connectivity index (χ1v) is 6.95. The van der Waals surface area contributed by atoms with Crippen molar-refractivity contribution in [1.82, 2.24) is 20.5 Å². The van der Waals surface area contributed by atoms with Crippen molar-refractivity contribution in [3.63, 3.8) is 0 Å². The standard InChI is InChI=1S/C14H17F2N5/c1-9-8-21(5-4-17-9)14-18-13(19-20-14)7-10-2-3-11(15)12(16)6-10/h2-3,6,9,17H,4-5,7-8H2,1H3,(H,18,19,20)/t9-/m1/s1. The van der Waals surface area contributed by atoms with Gasteiger partial charge >= 0.3 is 0 Å². The average Bonchev–Trinajstić information content (AvgIpc) is 2.91. The van der Waals surface area contributed by atoms with E-state index in [0.717, 1.165) is 25.7 Å². The van der Waals surface area contributed by atoms with Gasteiger partial charge in [-0.25, -0.2) is 8.78 Å². The summed E-state index contributed by atoms with van der Waals surface area (Å²) in [4.78, 5) is 6.53. The predicted octanol–water partition coefficient (Wildman–Crippen LogP) is 1.47. The van der Waals surface area contributed by atoms with Crippen molar-refractivity contribution in [2.45, 2.75) is 19.4 Å². The summed E-state index contributed by atoms with van der Waals surface area (Å²) in [6.07, 6.45) is 0.395. The Hall–Kier alpha value is -2.02. The maximum atomic E-state index is 13.2. The highest BCUT2D eigenvalue weighted by atomic mass is 19.2. The number of piperazine rings is 1. The summed E-state index contributed by atoms with van der Waals surface area (Å²) in [6, 6.07) is 4.25. The van der Waals surface area contributed by atoms with Crippen LogP contribution in [0.1, 0.15) is 18.3 Å². The van der Waals surface area contributed by atoms with E-state index in [2.05, 4.69) is 32.3 Å². The fourth-order valence-corrected chi connectivity index (χ4v) is 2.46. The topological polar surface area (TPSA) is 56.8 Å². The third-order valence-corrected chi connectivity index (χ3v) is 3.53. The molecule has 0 radical (unpaired) electrons. The van der Waals surface area contributed by atoms with Gasteiger partial charge in [-0.1, -0.05) is 6.07 Å². The number of hydrogen-bond donors (Lipinski definition) is 2. The van der Waals surface area contributed by atoms with Crippen molar-refractivity contribution in [3.05, 3.63) is 41.2 Å². The van der Waals surface area contributed by atoms with Crippen molar-refractivity contribution in [3.8, 4) is 0 Å². The van der Waals surface area contributed by atoms with Gasteiger partial charge in [0.15, 0.2) is 11.6 Å². The van der Waals surface area contributed by atoms with E-state index < -0.39 is 11.6 Å². The second kappa shape index (κ2) is 5.77. The molecular weight excluding hydrogens is 276 g/mol. The van der Waals surface area contributed by atoms with Crippen LogP contribution >= 0.6 is 0 Å². The summed E-state index contributed by atoms with van der Waals surface area (Å²) >= 11 is 0. The van der Waals surface area contributed by atoms with Crippen LogP contribution in [0.25, 0.3) is 0 Å². The van der Waals surface area contributed by atoms with E-state index in [1.54, 1.807) is 6.07 Å². The molecule has 1 saturated heterocycles. The van der Waals surface area contributed by atoms with Crippen LogP contribution in [0.4, 0.5) is 14.7 Å². The van der Waals surface area contributed by atoms with Gasteiger partial charge < -0.3 is 10.2 Å². The zero-order chi connectivity index (χ0) is 14.8. The van der Waals surface area contributed by atoms with Gasteiger partial charge in [0, 0.05) is 32.1 Å². The Kier molecular flexibility index (Phi) is 3.83. The van der Waals surface area contributed by atoms with E-state index >= 15 is 0 Å². The Balaban J connectivity index is 1.71. The summed E-state index contributed by atoms with van der Waals surface area (Å²) < 4.78 is 26.1. The summed E-state index contributed by atoms with van der Waals surface area (Å²) in [5.41, 5.74) is 0.658. The van der Waals surface area contributed by atoms with E-state index in [4.69, 9.17) is 0 Å². The van der Waals surface area contributed by atoms with Gasteiger partial charge in [0.2, 0.25) is 5.95 Å². The number of anilines is 1. The molecule has 0 spiro atoms. The highest BCUT2D eigenvalue weighted by Crippen LogP contribution is 2.14. The maximum absolute atomic E-state index is 13.2. The fraction of sp³-hybridized carbons (Fsp3) is 0.429. The van der Waals surface area contributed by atoms with Gasteiger partial charge in [-0.2, -0.15) is 4.98 Å². The monoisotopic (exact) mass is 293 g/mol. The second-order valence-electron chi connectivity index (χ2n) is 5.31.